The zero-order chi connectivity index (χ0) is 12.1. The molecule has 86 valence electrons. The highest BCUT2D eigenvalue weighted by Gasteiger charge is 2.61. The smallest absolute Gasteiger partial charge is 0.142 e. The summed E-state index contributed by atoms with van der Waals surface area (Å²) in [6, 6.07) is 4.67. The van der Waals surface area contributed by atoms with Gasteiger partial charge in [-0.2, -0.15) is 0 Å². The van der Waals surface area contributed by atoms with E-state index in [9.17, 15) is 9.50 Å². The van der Waals surface area contributed by atoms with Crippen LogP contribution in [0.4, 0.5) is 4.39 Å². The Hall–Kier alpha value is -0.860. The molecule has 16 heavy (non-hydrogen) atoms. The molecule has 3 atom stereocenters. The molecule has 1 nitrogen and oxygen atoms in total. The molecule has 1 aliphatic rings. The summed E-state index contributed by atoms with van der Waals surface area (Å²) in [6.45, 7) is 7.48. The Bertz CT molecular complexity index is 453. The Morgan fingerprint density at radius 2 is 2.19 bits per heavy atom. The van der Waals surface area contributed by atoms with Crippen LogP contribution in [-0.4, -0.2) is 10.7 Å². The standard InChI is InChI=1S/C13H14ClFO/c1-7(2)11-12(13(11,3)16)8-4-5-9(14)10(15)6-8/h4-6,11-12,16H,1H2,2-3H3. The van der Waals surface area contributed by atoms with Crippen molar-refractivity contribution >= 4 is 11.6 Å². The first-order valence-corrected chi connectivity index (χ1v) is 5.56. The molecule has 0 amide bonds. The maximum Gasteiger partial charge on any atom is 0.142 e. The average Bonchev–Trinajstić information content (AvgIpc) is 2.74. The molecule has 0 aromatic heterocycles. The number of hydrogen-bond acceptors (Lipinski definition) is 1. The molecule has 1 N–H and O–H groups in total. The summed E-state index contributed by atoms with van der Waals surface area (Å²) in [4.78, 5) is 0. The monoisotopic (exact) mass is 240 g/mol. The van der Waals surface area contributed by atoms with Crippen LogP contribution in [0.5, 0.6) is 0 Å². The predicted octanol–water partition coefficient (Wildman–Crippen LogP) is 3.52. The molecule has 0 aliphatic heterocycles. The fraction of sp³-hybridized carbons (Fsp3) is 0.385. The molecular weight excluding hydrogens is 227 g/mol. The minimum Gasteiger partial charge on any atom is -0.389 e. The minimum atomic E-state index is -0.813. The topological polar surface area (TPSA) is 20.2 Å². The van der Waals surface area contributed by atoms with Crippen LogP contribution in [0.2, 0.25) is 5.02 Å². The summed E-state index contributed by atoms with van der Waals surface area (Å²) >= 11 is 5.62. The lowest BCUT2D eigenvalue weighted by Gasteiger charge is -2.03. The Balaban J connectivity index is 2.33. The van der Waals surface area contributed by atoms with E-state index < -0.39 is 11.4 Å². The third-order valence-electron chi connectivity index (χ3n) is 3.32. The maximum atomic E-state index is 13.3. The molecule has 0 spiro atoms. The van der Waals surface area contributed by atoms with Crippen molar-refractivity contribution in [2.45, 2.75) is 25.4 Å². The van der Waals surface area contributed by atoms with E-state index in [1.54, 1.807) is 13.0 Å². The Morgan fingerprint density at radius 3 is 2.62 bits per heavy atom. The van der Waals surface area contributed by atoms with Gasteiger partial charge in [-0.1, -0.05) is 29.8 Å². The van der Waals surface area contributed by atoms with Crippen LogP contribution in [0.25, 0.3) is 0 Å². The second kappa shape index (κ2) is 3.57. The number of benzene rings is 1. The molecule has 0 radical (unpaired) electrons. The molecule has 3 heteroatoms. The summed E-state index contributed by atoms with van der Waals surface area (Å²) < 4.78 is 13.3. The molecule has 1 aromatic rings. The van der Waals surface area contributed by atoms with E-state index in [0.717, 1.165) is 11.1 Å². The highest BCUT2D eigenvalue weighted by molar-refractivity contribution is 6.30. The van der Waals surface area contributed by atoms with E-state index in [-0.39, 0.29) is 16.9 Å². The van der Waals surface area contributed by atoms with Crippen molar-refractivity contribution < 1.29 is 9.50 Å². The van der Waals surface area contributed by atoms with E-state index >= 15 is 0 Å². The van der Waals surface area contributed by atoms with Crippen LogP contribution in [0.3, 0.4) is 0 Å². The van der Waals surface area contributed by atoms with Gasteiger partial charge in [-0.05, 0) is 31.5 Å². The van der Waals surface area contributed by atoms with Gasteiger partial charge in [0, 0.05) is 11.8 Å². The van der Waals surface area contributed by atoms with Gasteiger partial charge in [-0.3, -0.25) is 0 Å². The molecule has 1 saturated carbocycles. The van der Waals surface area contributed by atoms with E-state index in [2.05, 4.69) is 6.58 Å². The van der Waals surface area contributed by atoms with Gasteiger partial charge in [0.05, 0.1) is 10.6 Å². The third kappa shape index (κ3) is 1.66. The van der Waals surface area contributed by atoms with E-state index in [1.165, 1.54) is 12.1 Å². The van der Waals surface area contributed by atoms with Gasteiger partial charge in [-0.25, -0.2) is 4.39 Å². The summed E-state index contributed by atoms with van der Waals surface area (Å²) in [5, 5.41) is 10.2. The van der Waals surface area contributed by atoms with Crippen LogP contribution in [-0.2, 0) is 0 Å². The summed E-state index contributed by atoms with van der Waals surface area (Å²) in [6.07, 6.45) is 0. The number of rotatable bonds is 2. The van der Waals surface area contributed by atoms with Crippen LogP contribution < -0.4 is 0 Å². The van der Waals surface area contributed by atoms with Crippen molar-refractivity contribution in [1.29, 1.82) is 0 Å². The van der Waals surface area contributed by atoms with Gasteiger partial charge in [0.15, 0.2) is 0 Å². The van der Waals surface area contributed by atoms with Crippen molar-refractivity contribution in [1.82, 2.24) is 0 Å². The normalized spacial score (nSPS) is 32.6. The summed E-state index contributed by atoms with van der Waals surface area (Å²) in [7, 11) is 0. The first kappa shape index (κ1) is 11.6. The quantitative estimate of drug-likeness (QED) is 0.785. The van der Waals surface area contributed by atoms with Crippen LogP contribution in [0.15, 0.2) is 30.4 Å². The molecule has 2 rings (SSSR count). The molecule has 3 unspecified atom stereocenters. The van der Waals surface area contributed by atoms with Crippen molar-refractivity contribution in [2.75, 3.05) is 0 Å². The van der Waals surface area contributed by atoms with Crippen molar-refractivity contribution in [2.24, 2.45) is 5.92 Å². The van der Waals surface area contributed by atoms with Crippen molar-refractivity contribution in [3.05, 3.63) is 46.8 Å². The summed E-state index contributed by atoms with van der Waals surface area (Å²) in [5.41, 5.74) is 0.886. The van der Waals surface area contributed by atoms with Crippen LogP contribution in [0.1, 0.15) is 25.3 Å². The summed E-state index contributed by atoms with van der Waals surface area (Å²) in [5.74, 6) is -0.507. The third-order valence-corrected chi connectivity index (χ3v) is 3.62. The second-order valence-electron chi connectivity index (χ2n) is 4.70. The molecule has 1 fully saturated rings. The molecule has 0 bridgehead atoms. The van der Waals surface area contributed by atoms with Gasteiger partial charge in [0.1, 0.15) is 5.82 Å². The highest BCUT2D eigenvalue weighted by Crippen LogP contribution is 2.60. The fourth-order valence-electron chi connectivity index (χ4n) is 2.52. The van der Waals surface area contributed by atoms with Gasteiger partial charge in [0.25, 0.3) is 0 Å². The Labute approximate surface area is 99.6 Å². The lowest BCUT2D eigenvalue weighted by molar-refractivity contribution is 0.152. The largest absolute Gasteiger partial charge is 0.389 e. The molecule has 1 aliphatic carbocycles. The van der Waals surface area contributed by atoms with E-state index in [1.807, 2.05) is 6.92 Å². The Kier molecular flexibility index (Phi) is 2.59. The lowest BCUT2D eigenvalue weighted by Crippen LogP contribution is -2.05. The van der Waals surface area contributed by atoms with Crippen LogP contribution >= 0.6 is 11.6 Å². The molecule has 0 heterocycles. The number of aliphatic hydroxyl groups is 1. The number of halogens is 2. The lowest BCUT2D eigenvalue weighted by atomic mass is 10.1. The van der Waals surface area contributed by atoms with Gasteiger partial charge < -0.3 is 5.11 Å². The zero-order valence-electron chi connectivity index (χ0n) is 9.30. The number of hydrogen-bond donors (Lipinski definition) is 1. The molecule has 1 aromatic carbocycles. The first-order chi connectivity index (χ1) is 7.35. The zero-order valence-corrected chi connectivity index (χ0v) is 10.1. The van der Waals surface area contributed by atoms with Crippen molar-refractivity contribution in [3.63, 3.8) is 0 Å². The van der Waals surface area contributed by atoms with Gasteiger partial charge in [-0.15, -0.1) is 0 Å². The van der Waals surface area contributed by atoms with E-state index in [4.69, 9.17) is 11.6 Å². The second-order valence-corrected chi connectivity index (χ2v) is 5.11. The minimum absolute atomic E-state index is 0.00748. The van der Waals surface area contributed by atoms with E-state index in [0.29, 0.717) is 0 Å². The van der Waals surface area contributed by atoms with Gasteiger partial charge in [0.2, 0.25) is 0 Å². The van der Waals surface area contributed by atoms with Crippen LogP contribution in [0, 0.1) is 11.7 Å². The van der Waals surface area contributed by atoms with Crippen molar-refractivity contribution in [3.8, 4) is 0 Å². The fourth-order valence-corrected chi connectivity index (χ4v) is 2.64. The molecular formula is C13H14ClFO. The predicted molar refractivity (Wildman–Crippen MR) is 63.1 cm³/mol. The Morgan fingerprint density at radius 1 is 1.56 bits per heavy atom. The highest BCUT2D eigenvalue weighted by atomic mass is 35.5. The average molecular weight is 241 g/mol. The van der Waals surface area contributed by atoms with Gasteiger partial charge >= 0.3 is 0 Å². The first-order valence-electron chi connectivity index (χ1n) is 5.18. The molecule has 0 saturated heterocycles. The SMILES string of the molecule is C=C(C)C1C(c2ccc(Cl)c(F)c2)C1(C)O. The maximum absolute atomic E-state index is 13.3.